The summed E-state index contributed by atoms with van der Waals surface area (Å²) in [5.41, 5.74) is -0.291. The number of carbonyl (C=O) groups is 2. The van der Waals surface area contributed by atoms with E-state index in [9.17, 15) is 23.9 Å². The van der Waals surface area contributed by atoms with Crippen molar-refractivity contribution in [3.8, 4) is 0 Å². The Balaban J connectivity index is 2.35. The lowest BCUT2D eigenvalue weighted by Gasteiger charge is -2.30. The van der Waals surface area contributed by atoms with Gasteiger partial charge < -0.3 is 19.7 Å². The van der Waals surface area contributed by atoms with E-state index in [1.54, 1.807) is 32.1 Å². The van der Waals surface area contributed by atoms with Crippen LogP contribution in [0.2, 0.25) is 5.02 Å². The van der Waals surface area contributed by atoms with E-state index < -0.39 is 34.7 Å². The number of allylic oxidation sites excluding steroid dienone is 4. The molecule has 0 saturated carbocycles. The molecule has 0 saturated heterocycles. The van der Waals surface area contributed by atoms with Crippen molar-refractivity contribution in [3.05, 3.63) is 87.2 Å². The van der Waals surface area contributed by atoms with Gasteiger partial charge in [0.05, 0.1) is 18.1 Å². The second kappa shape index (κ2) is 13.0. The molecule has 0 radical (unpaired) electrons. The number of benzene rings is 1. The zero-order valence-electron chi connectivity index (χ0n) is 20.4. The van der Waals surface area contributed by atoms with Crippen LogP contribution in [0, 0.1) is 11.2 Å². The maximum atomic E-state index is 14.2. The molecule has 0 bridgehead atoms. The van der Waals surface area contributed by atoms with Gasteiger partial charge >= 0.3 is 5.97 Å². The van der Waals surface area contributed by atoms with Crippen LogP contribution in [0.1, 0.15) is 49.7 Å². The molecular formula is C26H30ClFN2O6. The Labute approximate surface area is 213 Å². The van der Waals surface area contributed by atoms with Gasteiger partial charge in [-0.2, -0.15) is 5.16 Å². The third kappa shape index (κ3) is 8.07. The standard InChI is InChI=1S/C26H30ClFN2O6/c1-5-17(8-7-16(3)20-12-18(27)9-10-21(20)28)11-19(14-26(4,25(33)34)15-35-6-2)29-24(32)22-13-23(31)30-36-22/h5,7-10,12-13,19H,1,6,11,14-15H2,2-4H3,(H,29,32)(H,30,31)(H,33,34)/b16-7+,17-8+/t19-,26?/m1/s1. The number of hydrogen-bond donors (Lipinski definition) is 3. The molecule has 3 N–H and O–H groups in total. The molecule has 2 aromatic rings. The largest absolute Gasteiger partial charge is 0.481 e. The maximum Gasteiger partial charge on any atom is 0.311 e. The van der Waals surface area contributed by atoms with Crippen molar-refractivity contribution in [3.63, 3.8) is 0 Å². The SMILES string of the molecule is C=C/C(=C\C=C(/C)c1cc(Cl)ccc1F)C[C@H](CC(C)(COCC)C(=O)O)NC(=O)c1cc(=O)[nH]o1. The van der Waals surface area contributed by atoms with Gasteiger partial charge in [0.1, 0.15) is 5.82 Å². The number of carboxylic acids is 1. The summed E-state index contributed by atoms with van der Waals surface area (Å²) < 4.78 is 24.5. The van der Waals surface area contributed by atoms with Crippen LogP contribution >= 0.6 is 11.6 Å². The highest BCUT2D eigenvalue weighted by atomic mass is 35.5. The van der Waals surface area contributed by atoms with Gasteiger partial charge in [-0.3, -0.25) is 14.4 Å². The maximum absolute atomic E-state index is 14.2. The minimum Gasteiger partial charge on any atom is -0.481 e. The number of carbonyl (C=O) groups excluding carboxylic acids is 1. The summed E-state index contributed by atoms with van der Waals surface area (Å²) in [5, 5.41) is 15.0. The second-order valence-electron chi connectivity index (χ2n) is 8.58. The smallest absolute Gasteiger partial charge is 0.311 e. The molecule has 0 aliphatic rings. The van der Waals surface area contributed by atoms with E-state index in [1.807, 2.05) is 5.16 Å². The van der Waals surface area contributed by atoms with Crippen molar-refractivity contribution in [2.45, 2.75) is 39.7 Å². The number of H-pyrrole nitrogens is 1. The number of hydrogen-bond acceptors (Lipinski definition) is 5. The second-order valence-corrected chi connectivity index (χ2v) is 9.01. The molecule has 0 aliphatic heterocycles. The Morgan fingerprint density at radius 2 is 2.08 bits per heavy atom. The zero-order valence-corrected chi connectivity index (χ0v) is 21.2. The summed E-state index contributed by atoms with van der Waals surface area (Å²) in [4.78, 5) is 36.1. The minimum absolute atomic E-state index is 0.0134. The lowest BCUT2D eigenvalue weighted by atomic mass is 9.82. The lowest BCUT2D eigenvalue weighted by molar-refractivity contribution is -0.152. The normalized spacial score (nSPS) is 14.7. The Morgan fingerprint density at radius 3 is 2.67 bits per heavy atom. The average Bonchev–Trinajstić information content (AvgIpc) is 3.27. The zero-order chi connectivity index (χ0) is 26.9. The van der Waals surface area contributed by atoms with E-state index in [0.717, 1.165) is 6.07 Å². The molecule has 36 heavy (non-hydrogen) atoms. The first-order valence-electron chi connectivity index (χ1n) is 11.2. The first kappa shape index (κ1) is 28.8. The van der Waals surface area contributed by atoms with E-state index in [0.29, 0.717) is 28.3 Å². The van der Waals surface area contributed by atoms with Gasteiger partial charge in [-0.05, 0) is 63.0 Å². The van der Waals surface area contributed by atoms with Crippen molar-refractivity contribution in [1.29, 1.82) is 0 Å². The monoisotopic (exact) mass is 520 g/mol. The number of nitrogens with one attached hydrogen (secondary N) is 2. The quantitative estimate of drug-likeness (QED) is 0.320. The highest BCUT2D eigenvalue weighted by molar-refractivity contribution is 6.30. The molecule has 1 amide bonds. The average molecular weight is 521 g/mol. The summed E-state index contributed by atoms with van der Waals surface area (Å²) in [5.74, 6) is -2.42. The van der Waals surface area contributed by atoms with Gasteiger partial charge in [-0.1, -0.05) is 36.4 Å². The van der Waals surface area contributed by atoms with Crippen LogP contribution in [-0.2, 0) is 9.53 Å². The summed E-state index contributed by atoms with van der Waals surface area (Å²) in [6, 6.07) is 4.56. The van der Waals surface area contributed by atoms with Crippen molar-refractivity contribution in [2.75, 3.05) is 13.2 Å². The topological polar surface area (TPSA) is 122 Å². The van der Waals surface area contributed by atoms with Crippen molar-refractivity contribution in [2.24, 2.45) is 5.41 Å². The molecule has 0 aliphatic carbocycles. The predicted octanol–water partition coefficient (Wildman–Crippen LogP) is 4.98. The number of halogens is 2. The van der Waals surface area contributed by atoms with Crippen molar-refractivity contribution >= 4 is 29.1 Å². The van der Waals surface area contributed by atoms with E-state index >= 15 is 0 Å². The van der Waals surface area contributed by atoms with Gasteiger partial charge in [0.2, 0.25) is 5.76 Å². The van der Waals surface area contributed by atoms with Gasteiger partial charge in [0.25, 0.3) is 11.5 Å². The Kier molecular flexibility index (Phi) is 10.4. The number of aliphatic carboxylic acids is 1. The number of aromatic nitrogens is 1. The summed E-state index contributed by atoms with van der Waals surface area (Å²) in [7, 11) is 0. The summed E-state index contributed by atoms with van der Waals surface area (Å²) >= 11 is 5.99. The van der Waals surface area contributed by atoms with Crippen LogP contribution in [0.3, 0.4) is 0 Å². The molecule has 2 atom stereocenters. The number of ether oxygens (including phenoxy) is 1. The predicted molar refractivity (Wildman–Crippen MR) is 135 cm³/mol. The van der Waals surface area contributed by atoms with Crippen molar-refractivity contribution in [1.82, 2.24) is 10.5 Å². The third-order valence-corrected chi connectivity index (χ3v) is 5.80. The fourth-order valence-corrected chi connectivity index (χ4v) is 3.70. The molecule has 2 rings (SSSR count). The third-order valence-electron chi connectivity index (χ3n) is 5.57. The fourth-order valence-electron chi connectivity index (χ4n) is 3.53. The Hall–Kier alpha value is -3.43. The van der Waals surface area contributed by atoms with E-state index in [2.05, 4.69) is 11.9 Å². The Bertz CT molecular complexity index is 1220. The number of amides is 1. The molecule has 1 unspecified atom stereocenters. The summed E-state index contributed by atoms with van der Waals surface area (Å²) in [6.07, 6.45) is 5.17. The number of carboxylic acid groups (broad SMARTS) is 1. The molecule has 1 aromatic heterocycles. The van der Waals surface area contributed by atoms with Gasteiger partial charge in [0.15, 0.2) is 0 Å². The first-order chi connectivity index (χ1) is 17.0. The summed E-state index contributed by atoms with van der Waals surface area (Å²) in [6.45, 7) is 9.08. The van der Waals surface area contributed by atoms with Gasteiger partial charge in [-0.25, -0.2) is 4.39 Å². The molecule has 0 fully saturated rings. The molecule has 10 heteroatoms. The number of aromatic amines is 1. The minimum atomic E-state index is -1.31. The Morgan fingerprint density at radius 1 is 1.36 bits per heavy atom. The van der Waals surface area contributed by atoms with Gasteiger partial charge in [-0.15, -0.1) is 0 Å². The van der Waals surface area contributed by atoms with Crippen LogP contribution in [0.25, 0.3) is 5.57 Å². The van der Waals surface area contributed by atoms with Crippen molar-refractivity contribution < 1.29 is 28.3 Å². The highest BCUT2D eigenvalue weighted by Crippen LogP contribution is 2.28. The highest BCUT2D eigenvalue weighted by Gasteiger charge is 2.37. The van der Waals surface area contributed by atoms with Gasteiger partial charge in [0, 0.05) is 23.2 Å². The lowest BCUT2D eigenvalue weighted by Crippen LogP contribution is -2.43. The molecule has 194 valence electrons. The molecule has 0 spiro atoms. The van der Waals surface area contributed by atoms with Crippen LogP contribution in [-0.4, -0.2) is 41.4 Å². The molecular weight excluding hydrogens is 491 g/mol. The van der Waals surface area contributed by atoms with Crippen LogP contribution in [0.4, 0.5) is 4.39 Å². The van der Waals surface area contributed by atoms with E-state index in [4.69, 9.17) is 20.9 Å². The van der Waals surface area contributed by atoms with Crippen LogP contribution < -0.4 is 10.9 Å². The first-order valence-corrected chi connectivity index (χ1v) is 11.6. The van der Waals surface area contributed by atoms with E-state index in [1.165, 1.54) is 25.1 Å². The van der Waals surface area contributed by atoms with Crippen LogP contribution in [0.15, 0.2) is 64.0 Å². The molecule has 1 heterocycles. The molecule has 8 nitrogen and oxygen atoms in total. The number of rotatable bonds is 13. The fraction of sp³-hybridized carbons (Fsp3) is 0.346. The van der Waals surface area contributed by atoms with E-state index in [-0.39, 0.29) is 25.2 Å². The molecule has 1 aromatic carbocycles. The van der Waals surface area contributed by atoms with Crippen LogP contribution in [0.5, 0.6) is 0 Å².